The van der Waals surface area contributed by atoms with Gasteiger partial charge in [0.25, 0.3) is 0 Å². The SMILES string of the molecule is C=Cc1ccc(OC(=O)N2CCc3c([nH]c4ccc(Cl)cc34)C2c2ccc(OCCCO)cc2)cc1. The van der Waals surface area contributed by atoms with Gasteiger partial charge in [0.05, 0.1) is 6.61 Å². The second-order valence-corrected chi connectivity index (χ2v) is 9.13. The van der Waals surface area contributed by atoms with E-state index in [1.807, 2.05) is 54.6 Å². The first-order valence-corrected chi connectivity index (χ1v) is 12.3. The van der Waals surface area contributed by atoms with Crippen molar-refractivity contribution in [1.82, 2.24) is 9.88 Å². The molecule has 0 saturated heterocycles. The molecule has 184 valence electrons. The van der Waals surface area contributed by atoms with E-state index in [2.05, 4.69) is 11.6 Å². The number of hydrogen-bond donors (Lipinski definition) is 2. The molecule has 1 unspecified atom stereocenters. The number of amides is 1. The molecule has 1 amide bonds. The summed E-state index contributed by atoms with van der Waals surface area (Å²) in [5, 5.41) is 10.7. The van der Waals surface area contributed by atoms with E-state index in [4.69, 9.17) is 26.2 Å². The molecule has 0 aliphatic carbocycles. The van der Waals surface area contributed by atoms with Crippen LogP contribution in [0.25, 0.3) is 17.0 Å². The molecular weight excluding hydrogens is 476 g/mol. The molecule has 1 aromatic heterocycles. The summed E-state index contributed by atoms with van der Waals surface area (Å²) in [7, 11) is 0. The number of ether oxygens (including phenoxy) is 2. The van der Waals surface area contributed by atoms with Crippen LogP contribution >= 0.6 is 11.6 Å². The fraction of sp³-hybridized carbons (Fsp3) is 0.207. The van der Waals surface area contributed by atoms with Gasteiger partial charge >= 0.3 is 6.09 Å². The molecular formula is C29H27ClN2O4. The zero-order valence-electron chi connectivity index (χ0n) is 19.7. The van der Waals surface area contributed by atoms with Gasteiger partial charge in [-0.05, 0) is 65.6 Å². The first-order chi connectivity index (χ1) is 17.6. The maximum absolute atomic E-state index is 13.4. The number of nitrogens with one attached hydrogen (secondary N) is 1. The Morgan fingerprint density at radius 2 is 1.86 bits per heavy atom. The average Bonchev–Trinajstić information content (AvgIpc) is 3.27. The van der Waals surface area contributed by atoms with Gasteiger partial charge in [0, 0.05) is 41.2 Å². The van der Waals surface area contributed by atoms with Crippen LogP contribution in [-0.4, -0.2) is 40.8 Å². The second kappa shape index (κ2) is 10.5. The van der Waals surface area contributed by atoms with E-state index in [0.29, 0.717) is 42.5 Å². The Labute approximate surface area is 214 Å². The molecule has 0 fully saturated rings. The van der Waals surface area contributed by atoms with Crippen LogP contribution < -0.4 is 9.47 Å². The third kappa shape index (κ3) is 4.83. The summed E-state index contributed by atoms with van der Waals surface area (Å²) in [5.74, 6) is 1.19. The normalized spacial score (nSPS) is 14.9. The van der Waals surface area contributed by atoms with Crippen molar-refractivity contribution in [2.45, 2.75) is 18.9 Å². The van der Waals surface area contributed by atoms with Crippen LogP contribution in [0.2, 0.25) is 5.02 Å². The van der Waals surface area contributed by atoms with Crippen molar-refractivity contribution in [1.29, 1.82) is 0 Å². The highest BCUT2D eigenvalue weighted by Gasteiger charge is 2.35. The third-order valence-corrected chi connectivity index (χ3v) is 6.65. The van der Waals surface area contributed by atoms with E-state index in [1.54, 1.807) is 23.1 Å². The van der Waals surface area contributed by atoms with Crippen molar-refractivity contribution in [3.8, 4) is 11.5 Å². The van der Waals surface area contributed by atoms with E-state index in [9.17, 15) is 4.79 Å². The van der Waals surface area contributed by atoms with Crippen LogP contribution in [0.15, 0.2) is 73.3 Å². The number of rotatable bonds is 7. The number of benzene rings is 3. The predicted molar refractivity (Wildman–Crippen MR) is 142 cm³/mol. The van der Waals surface area contributed by atoms with Crippen LogP contribution in [0.1, 0.15) is 34.8 Å². The van der Waals surface area contributed by atoms with Crippen LogP contribution in [-0.2, 0) is 6.42 Å². The summed E-state index contributed by atoms with van der Waals surface area (Å²) in [6, 6.07) is 20.4. The van der Waals surface area contributed by atoms with Gasteiger partial charge in [-0.3, -0.25) is 4.90 Å². The van der Waals surface area contributed by atoms with Gasteiger partial charge in [0.2, 0.25) is 0 Å². The summed E-state index contributed by atoms with van der Waals surface area (Å²) in [6.07, 6.45) is 2.57. The first kappa shape index (κ1) is 24.0. The van der Waals surface area contributed by atoms with Crippen LogP contribution in [0.4, 0.5) is 4.79 Å². The molecule has 2 N–H and O–H groups in total. The Morgan fingerprint density at radius 1 is 1.11 bits per heavy atom. The largest absolute Gasteiger partial charge is 0.494 e. The average molecular weight is 503 g/mol. The van der Waals surface area contributed by atoms with Crippen molar-refractivity contribution in [3.63, 3.8) is 0 Å². The first-order valence-electron chi connectivity index (χ1n) is 11.9. The molecule has 0 saturated carbocycles. The number of fused-ring (bicyclic) bond motifs is 3. The Bertz CT molecular complexity index is 1380. The summed E-state index contributed by atoms with van der Waals surface area (Å²) in [5.41, 5.74) is 4.97. The van der Waals surface area contributed by atoms with E-state index in [0.717, 1.165) is 33.3 Å². The molecule has 5 rings (SSSR count). The number of aliphatic hydroxyl groups excluding tert-OH is 1. The van der Waals surface area contributed by atoms with Crippen LogP contribution in [0.5, 0.6) is 11.5 Å². The number of H-pyrrole nitrogens is 1. The second-order valence-electron chi connectivity index (χ2n) is 8.69. The topological polar surface area (TPSA) is 74.8 Å². The molecule has 0 bridgehead atoms. The minimum Gasteiger partial charge on any atom is -0.494 e. The molecule has 7 heteroatoms. The minimum absolute atomic E-state index is 0.0840. The van der Waals surface area contributed by atoms with Crippen LogP contribution in [0, 0.1) is 0 Å². The maximum Gasteiger partial charge on any atom is 0.416 e. The number of carbonyl (C=O) groups is 1. The van der Waals surface area contributed by atoms with Crippen molar-refractivity contribution in [2.24, 2.45) is 0 Å². The zero-order valence-corrected chi connectivity index (χ0v) is 20.5. The molecule has 1 aliphatic heterocycles. The number of hydrogen-bond acceptors (Lipinski definition) is 4. The molecule has 1 atom stereocenters. The molecule has 1 aliphatic rings. The Morgan fingerprint density at radius 3 is 2.58 bits per heavy atom. The Kier molecular flexibility index (Phi) is 6.98. The maximum atomic E-state index is 13.4. The van der Waals surface area contributed by atoms with E-state index in [-0.39, 0.29) is 12.6 Å². The number of aromatic amines is 1. The lowest BCUT2D eigenvalue weighted by atomic mass is 9.92. The summed E-state index contributed by atoms with van der Waals surface area (Å²) < 4.78 is 11.5. The molecule has 3 aromatic carbocycles. The van der Waals surface area contributed by atoms with Crippen molar-refractivity contribution >= 4 is 34.7 Å². The molecule has 36 heavy (non-hydrogen) atoms. The van der Waals surface area contributed by atoms with E-state index in [1.165, 1.54) is 0 Å². The van der Waals surface area contributed by atoms with E-state index >= 15 is 0 Å². The summed E-state index contributed by atoms with van der Waals surface area (Å²) in [4.78, 5) is 18.7. The number of aromatic nitrogens is 1. The molecule has 4 aromatic rings. The molecule has 6 nitrogen and oxygen atoms in total. The number of aliphatic hydroxyl groups is 1. The summed E-state index contributed by atoms with van der Waals surface area (Å²) in [6.45, 7) is 4.78. The highest BCUT2D eigenvalue weighted by Crippen LogP contribution is 2.40. The van der Waals surface area contributed by atoms with Gasteiger partial charge in [0.1, 0.15) is 17.5 Å². The van der Waals surface area contributed by atoms with Crippen LogP contribution in [0.3, 0.4) is 0 Å². The molecule has 0 radical (unpaired) electrons. The fourth-order valence-corrected chi connectivity index (χ4v) is 4.81. The van der Waals surface area contributed by atoms with Gasteiger partial charge in [0.15, 0.2) is 0 Å². The Hall–Kier alpha value is -3.74. The highest BCUT2D eigenvalue weighted by atomic mass is 35.5. The van der Waals surface area contributed by atoms with Crippen molar-refractivity contribution in [2.75, 3.05) is 19.8 Å². The predicted octanol–water partition coefficient (Wildman–Crippen LogP) is 6.37. The van der Waals surface area contributed by atoms with Gasteiger partial charge < -0.3 is 19.6 Å². The van der Waals surface area contributed by atoms with Gasteiger partial charge in [-0.1, -0.05) is 48.5 Å². The third-order valence-electron chi connectivity index (χ3n) is 6.41. The lowest BCUT2D eigenvalue weighted by Gasteiger charge is -2.35. The van der Waals surface area contributed by atoms with Gasteiger partial charge in [-0.2, -0.15) is 0 Å². The quantitative estimate of drug-likeness (QED) is 0.288. The monoisotopic (exact) mass is 502 g/mol. The zero-order chi connectivity index (χ0) is 25.1. The molecule has 2 heterocycles. The van der Waals surface area contributed by atoms with E-state index < -0.39 is 6.09 Å². The van der Waals surface area contributed by atoms with Gasteiger partial charge in [-0.25, -0.2) is 4.79 Å². The number of carbonyl (C=O) groups excluding carboxylic acids is 1. The lowest BCUT2D eigenvalue weighted by molar-refractivity contribution is 0.135. The standard InChI is InChI=1S/C29H27ClN2O4/c1-2-19-4-9-23(10-5-19)36-29(34)32-15-14-24-25-18-21(30)8-13-26(25)31-27(24)28(32)20-6-11-22(12-7-20)35-17-3-16-33/h2,4-13,18,28,31,33H,1,3,14-17H2. The smallest absolute Gasteiger partial charge is 0.416 e. The lowest BCUT2D eigenvalue weighted by Crippen LogP contribution is -2.42. The minimum atomic E-state index is -0.419. The highest BCUT2D eigenvalue weighted by molar-refractivity contribution is 6.31. The summed E-state index contributed by atoms with van der Waals surface area (Å²) >= 11 is 6.30. The van der Waals surface area contributed by atoms with Gasteiger partial charge in [-0.15, -0.1) is 0 Å². The number of halogens is 1. The fourth-order valence-electron chi connectivity index (χ4n) is 4.64. The van der Waals surface area contributed by atoms with Crippen molar-refractivity contribution < 1.29 is 19.4 Å². The molecule has 0 spiro atoms. The Balaban J connectivity index is 1.49. The van der Waals surface area contributed by atoms with Crippen molar-refractivity contribution in [3.05, 3.63) is 101 Å². The number of nitrogens with zero attached hydrogens (tertiary/aromatic N) is 1.